The number of ketones is 1. The van der Waals surface area contributed by atoms with Gasteiger partial charge in [0.2, 0.25) is 0 Å². The quantitative estimate of drug-likeness (QED) is 0.286. The third-order valence-corrected chi connectivity index (χ3v) is 6.01. The molecule has 3 aromatic rings. The number of rotatable bonds is 5. The number of nitrogens with zero attached hydrogens (tertiary/aromatic N) is 2. The minimum Gasteiger partial charge on any atom is -0.478 e. The number of carbonyl (C=O) groups excluding carboxylic acids is 1. The first-order chi connectivity index (χ1) is 16.2. The fourth-order valence-electron chi connectivity index (χ4n) is 3.98. The average molecular weight is 484 g/mol. The van der Waals surface area contributed by atoms with Crippen molar-refractivity contribution in [2.75, 3.05) is 26.0 Å². The molecule has 0 unspecified atom stereocenters. The highest BCUT2D eigenvalue weighted by Crippen LogP contribution is 2.34. The van der Waals surface area contributed by atoms with Crippen LogP contribution in [0, 0.1) is 0 Å². The van der Waals surface area contributed by atoms with Gasteiger partial charge in [0.05, 0.1) is 5.52 Å². The Morgan fingerprint density at radius 2 is 1.53 bits per heavy atom. The third-order valence-electron chi connectivity index (χ3n) is 5.76. The molecule has 178 valence electrons. The molecule has 2 heterocycles. The van der Waals surface area contributed by atoms with E-state index in [2.05, 4.69) is 11.9 Å². The zero-order chi connectivity index (χ0) is 24.8. The molecule has 1 aliphatic heterocycles. The molecule has 2 aromatic carbocycles. The van der Waals surface area contributed by atoms with E-state index < -0.39 is 11.9 Å². The van der Waals surface area contributed by atoms with Crippen LogP contribution in [0.2, 0.25) is 5.02 Å². The predicted molar refractivity (Wildman–Crippen MR) is 131 cm³/mol. The lowest BCUT2D eigenvalue weighted by atomic mass is 9.88. The molecule has 0 amide bonds. The van der Waals surface area contributed by atoms with E-state index >= 15 is 0 Å². The summed E-state index contributed by atoms with van der Waals surface area (Å²) in [6, 6.07) is 12.8. The van der Waals surface area contributed by atoms with E-state index in [-0.39, 0.29) is 5.78 Å². The van der Waals surface area contributed by atoms with Gasteiger partial charge in [0.1, 0.15) is 0 Å². The van der Waals surface area contributed by atoms with Crippen molar-refractivity contribution < 1.29 is 24.6 Å². The van der Waals surface area contributed by atoms with E-state index in [0.717, 1.165) is 36.8 Å². The maximum atomic E-state index is 12.9. The molecule has 0 radical (unpaired) electrons. The Bertz CT molecular complexity index is 1210. The van der Waals surface area contributed by atoms with Crippen LogP contribution in [0.3, 0.4) is 0 Å². The van der Waals surface area contributed by atoms with Crippen molar-refractivity contribution in [3.8, 4) is 0 Å². The second-order valence-electron chi connectivity index (χ2n) is 8.15. The van der Waals surface area contributed by atoms with Gasteiger partial charge in [-0.25, -0.2) is 9.59 Å². The fourth-order valence-corrected chi connectivity index (χ4v) is 4.10. The van der Waals surface area contributed by atoms with Gasteiger partial charge in [0.15, 0.2) is 5.78 Å². The molecule has 0 aliphatic carbocycles. The second kappa shape index (κ2) is 11.0. The van der Waals surface area contributed by atoms with Gasteiger partial charge in [-0.3, -0.25) is 9.47 Å². The number of fused-ring (bicyclic) bond motifs is 1. The number of carbonyl (C=O) groups is 3. The third kappa shape index (κ3) is 6.24. The number of carboxylic acids is 2. The van der Waals surface area contributed by atoms with Gasteiger partial charge in [-0.15, -0.1) is 0 Å². The number of carboxylic acid groups (broad SMARTS) is 2. The van der Waals surface area contributed by atoms with E-state index in [1.54, 1.807) is 28.9 Å². The first kappa shape index (κ1) is 25.0. The molecule has 4 N–H and O–H groups in total. The molecule has 1 aromatic heterocycles. The summed E-state index contributed by atoms with van der Waals surface area (Å²) >= 11 is 5.93. The molecule has 1 aliphatic rings. The number of halogens is 1. The van der Waals surface area contributed by atoms with E-state index in [4.69, 9.17) is 27.7 Å². The molecule has 4 rings (SSSR count). The maximum Gasteiger partial charge on any atom is 0.328 e. The SMILES string of the molecule is CN1CCC(c2cn(N)c3ccc(C(=O)c4ccc(Cl)cc4)cc23)CC1.O=C(O)/C=C/C(=O)O. The number of piperidine rings is 1. The monoisotopic (exact) mass is 483 g/mol. The predicted octanol–water partition coefficient (Wildman–Crippen LogP) is 3.76. The summed E-state index contributed by atoms with van der Waals surface area (Å²) in [6.07, 6.45) is 5.37. The Hall–Kier alpha value is -3.62. The van der Waals surface area contributed by atoms with Crippen molar-refractivity contribution in [1.82, 2.24) is 9.58 Å². The Morgan fingerprint density at radius 3 is 2.09 bits per heavy atom. The molecule has 1 saturated heterocycles. The lowest BCUT2D eigenvalue weighted by Crippen LogP contribution is -2.29. The number of hydrogen-bond donors (Lipinski definition) is 3. The summed E-state index contributed by atoms with van der Waals surface area (Å²) in [4.78, 5) is 34.3. The second-order valence-corrected chi connectivity index (χ2v) is 8.58. The van der Waals surface area contributed by atoms with Gasteiger partial charge in [-0.2, -0.15) is 0 Å². The molecular formula is C25H26ClN3O5. The van der Waals surface area contributed by atoms with Gasteiger partial charge in [-0.1, -0.05) is 11.6 Å². The Balaban J connectivity index is 0.000000350. The summed E-state index contributed by atoms with van der Waals surface area (Å²) in [5, 5.41) is 17.3. The van der Waals surface area contributed by atoms with Crippen LogP contribution < -0.4 is 5.84 Å². The average Bonchev–Trinajstić information content (AvgIpc) is 3.14. The van der Waals surface area contributed by atoms with E-state index in [1.807, 2.05) is 24.4 Å². The van der Waals surface area contributed by atoms with Crippen LogP contribution in [0.4, 0.5) is 0 Å². The summed E-state index contributed by atoms with van der Waals surface area (Å²) in [7, 11) is 2.16. The number of nitrogen functional groups attached to an aromatic ring is 1. The van der Waals surface area contributed by atoms with Gasteiger partial charge in [0, 0.05) is 39.9 Å². The first-order valence-electron chi connectivity index (χ1n) is 10.7. The summed E-state index contributed by atoms with van der Waals surface area (Å²) < 4.78 is 1.68. The summed E-state index contributed by atoms with van der Waals surface area (Å²) in [6.45, 7) is 2.18. The first-order valence-corrected chi connectivity index (χ1v) is 11.1. The normalized spacial score (nSPS) is 14.6. The lowest BCUT2D eigenvalue weighted by molar-refractivity contribution is -0.134. The van der Waals surface area contributed by atoms with Crippen molar-refractivity contribution in [2.45, 2.75) is 18.8 Å². The van der Waals surface area contributed by atoms with Crippen molar-refractivity contribution in [1.29, 1.82) is 0 Å². The van der Waals surface area contributed by atoms with Crippen LogP contribution in [-0.2, 0) is 9.59 Å². The van der Waals surface area contributed by atoms with Crippen LogP contribution in [0.15, 0.2) is 60.8 Å². The number of aliphatic carboxylic acids is 2. The molecule has 0 saturated carbocycles. The van der Waals surface area contributed by atoms with Gasteiger partial charge >= 0.3 is 11.9 Å². The number of nitrogens with two attached hydrogens (primary N) is 1. The van der Waals surface area contributed by atoms with E-state index in [9.17, 15) is 14.4 Å². The van der Waals surface area contributed by atoms with Crippen LogP contribution in [0.5, 0.6) is 0 Å². The molecule has 1 fully saturated rings. The van der Waals surface area contributed by atoms with Crippen molar-refractivity contribution >= 4 is 40.2 Å². The fraction of sp³-hybridized carbons (Fsp3) is 0.240. The van der Waals surface area contributed by atoms with Crippen LogP contribution in [0.25, 0.3) is 10.9 Å². The van der Waals surface area contributed by atoms with Gasteiger partial charge in [-0.05, 0) is 86.9 Å². The van der Waals surface area contributed by atoms with Crippen LogP contribution >= 0.6 is 11.6 Å². The molecule has 9 heteroatoms. The molecule has 0 atom stereocenters. The number of likely N-dealkylation sites (tertiary alicyclic amines) is 1. The highest BCUT2D eigenvalue weighted by Gasteiger charge is 2.23. The van der Waals surface area contributed by atoms with Crippen LogP contribution in [-0.4, -0.2) is 57.6 Å². The summed E-state index contributed by atoms with van der Waals surface area (Å²) in [5.41, 5.74) is 3.54. The van der Waals surface area contributed by atoms with E-state index in [1.165, 1.54) is 5.56 Å². The Kier molecular flexibility index (Phi) is 8.09. The Morgan fingerprint density at radius 1 is 0.971 bits per heavy atom. The molecule has 0 bridgehead atoms. The molecule has 0 spiro atoms. The van der Waals surface area contributed by atoms with Gasteiger partial charge in [0.25, 0.3) is 0 Å². The standard InChI is InChI=1S/C21H22ClN3O.C4H4O4/c1-24-10-8-14(9-11-24)19-13-25(23)20-7-4-16(12-18(19)20)21(26)15-2-5-17(22)6-3-15;5-3(6)1-2-4(7)8/h2-7,12-14H,8-11,23H2,1H3;1-2H,(H,5,6)(H,7,8)/b;2-1+. The molecule has 34 heavy (non-hydrogen) atoms. The minimum atomic E-state index is -1.26. The highest BCUT2D eigenvalue weighted by atomic mass is 35.5. The largest absolute Gasteiger partial charge is 0.478 e. The zero-order valence-electron chi connectivity index (χ0n) is 18.6. The lowest BCUT2D eigenvalue weighted by Gasteiger charge is -2.28. The van der Waals surface area contributed by atoms with Crippen molar-refractivity contribution in [2.24, 2.45) is 0 Å². The minimum absolute atomic E-state index is 0.00247. The molecular weight excluding hydrogens is 458 g/mol. The maximum absolute atomic E-state index is 12.9. The summed E-state index contributed by atoms with van der Waals surface area (Å²) in [5.74, 6) is 4.15. The molecule has 8 nitrogen and oxygen atoms in total. The highest BCUT2D eigenvalue weighted by molar-refractivity contribution is 6.30. The number of benzene rings is 2. The van der Waals surface area contributed by atoms with Crippen LogP contribution in [0.1, 0.15) is 40.2 Å². The van der Waals surface area contributed by atoms with Crippen molar-refractivity contribution in [3.05, 3.63) is 82.5 Å². The number of hydrogen-bond acceptors (Lipinski definition) is 5. The Labute approximate surface area is 201 Å². The topological polar surface area (TPSA) is 126 Å². The number of aromatic nitrogens is 1. The zero-order valence-corrected chi connectivity index (χ0v) is 19.4. The van der Waals surface area contributed by atoms with Gasteiger partial charge < -0.3 is 21.0 Å². The smallest absolute Gasteiger partial charge is 0.328 e. The van der Waals surface area contributed by atoms with E-state index in [0.29, 0.717) is 34.2 Å². The van der Waals surface area contributed by atoms with Crippen molar-refractivity contribution in [3.63, 3.8) is 0 Å².